The zero-order valence-corrected chi connectivity index (χ0v) is 44.2. The van der Waals surface area contributed by atoms with Crippen LogP contribution < -0.4 is 0 Å². The average molecular weight is 1220 g/mol. The molecule has 21 heterocycles. The van der Waals surface area contributed by atoms with Crippen molar-refractivity contribution in [3.8, 4) is 12.8 Å². The van der Waals surface area contributed by atoms with E-state index in [1.807, 2.05) is 0 Å². The average Bonchev–Trinajstić information content (AvgIpc) is 3.50. The van der Waals surface area contributed by atoms with Gasteiger partial charge in [-0.3, -0.25) is 0 Å². The van der Waals surface area contributed by atoms with Crippen LogP contribution in [0.1, 0.15) is 25.7 Å². The van der Waals surface area contributed by atoms with E-state index in [2.05, 4.69) is 12.8 Å². The molecule has 0 aromatic carbocycles. The van der Waals surface area contributed by atoms with Gasteiger partial charge in [0, 0.05) is 0 Å². The summed E-state index contributed by atoms with van der Waals surface area (Å²) in [6.45, 7) is -7.33. The van der Waals surface area contributed by atoms with E-state index >= 15 is 0 Å². The molecule has 14 bridgehead atoms. The second-order valence-corrected chi connectivity index (χ2v) is 21.1. The molecule has 0 radical (unpaired) electrons. The van der Waals surface area contributed by atoms with Crippen molar-refractivity contribution in [2.45, 2.75) is 241 Å². The molecule has 35 heteroatoms. The fourth-order valence-electron chi connectivity index (χ4n) is 10.7. The van der Waals surface area contributed by atoms with E-state index in [0.29, 0.717) is 0 Å². The maximum atomic E-state index is 11.3. The molecule has 35 atom stereocenters. The minimum atomic E-state index is -2.21. The van der Waals surface area contributed by atoms with Crippen molar-refractivity contribution >= 4 is 0 Å². The van der Waals surface area contributed by atoms with E-state index in [1.54, 1.807) is 0 Å². The Morgan fingerprint density at radius 2 is 0.301 bits per heavy atom. The van der Waals surface area contributed by atoms with Crippen molar-refractivity contribution in [3.05, 3.63) is 0 Å². The molecule has 35 nitrogen and oxygen atoms in total. The number of aliphatic hydroxyl groups excluding tert-OH is 21. The number of rotatable bonds is 7. The Labute approximate surface area is 472 Å². The van der Waals surface area contributed by atoms with Crippen molar-refractivity contribution in [1.29, 1.82) is 0 Å². The zero-order valence-electron chi connectivity index (χ0n) is 44.2. The molecule has 0 spiro atoms. The van der Waals surface area contributed by atoms with Gasteiger partial charge in [-0.2, -0.15) is 0 Å². The monoisotopic (exact) mass is 1220 g/mol. The first-order valence-electron chi connectivity index (χ1n) is 27.0. The summed E-state index contributed by atoms with van der Waals surface area (Å²) in [6, 6.07) is 0. The van der Waals surface area contributed by atoms with Crippen LogP contribution in [0.3, 0.4) is 0 Å². The molecular weight excluding hydrogens is 1140 g/mol. The van der Waals surface area contributed by atoms with E-state index < -0.39 is 261 Å². The molecule has 22 rings (SSSR count). The number of terminal acetylenes is 1. The Morgan fingerprint density at radius 3 is 0.386 bits per heavy atom. The highest BCUT2D eigenvalue weighted by molar-refractivity contribution is 5.01. The molecule has 0 amide bonds. The van der Waals surface area contributed by atoms with Crippen molar-refractivity contribution in [2.24, 2.45) is 0 Å². The topological polar surface area (TPSA) is 554 Å². The second-order valence-electron chi connectivity index (χ2n) is 21.1. The van der Waals surface area contributed by atoms with Crippen LogP contribution in [0.15, 0.2) is 0 Å². The van der Waals surface area contributed by atoms with Gasteiger partial charge in [0.15, 0.2) is 44.0 Å². The molecule has 22 aliphatic rings. The Balaban J connectivity index is 0.00000156. The van der Waals surface area contributed by atoms with Crippen LogP contribution in [-0.2, 0) is 66.3 Å². The lowest BCUT2D eigenvalue weighted by atomic mass is 9.95. The van der Waals surface area contributed by atoms with E-state index in [9.17, 15) is 107 Å². The van der Waals surface area contributed by atoms with Crippen molar-refractivity contribution < 1.29 is 174 Å². The minimum absolute atomic E-state index is 1.05. The molecule has 1 saturated carbocycles. The molecule has 0 aromatic heterocycles. The predicted octanol–water partition coefficient (Wildman–Crippen LogP) is -13.4. The summed E-state index contributed by atoms with van der Waals surface area (Å²) in [5.41, 5.74) is 0. The van der Waals surface area contributed by atoms with Gasteiger partial charge >= 0.3 is 0 Å². The second kappa shape index (κ2) is 30.6. The SMILES string of the molecule is C#C.C1CCC1.OCC1O[C@@H]2O[C@@H]3C(CO)O[C@H](O[C@@H]4C(CO)O[C@@H](O[C@@H]5C(CO)O[C@@H](O[C@@H]6C(CO)O[C@@H](O[C@@H]7C(CO)O[C@H](O[C@@H]8C(CO)O[C@H](O[C@H]1[C@H](O)C2O)C(O)[C@H]8O)C(O)[C@H]7O)C(O)[C@H]6O)C(O)[C@H]5O)C(O)[C@H]4O)C(O)[C@H]3O. The zero-order chi connectivity index (χ0) is 60.9. The third kappa shape index (κ3) is 14.4. The van der Waals surface area contributed by atoms with Gasteiger partial charge in [0.1, 0.15) is 171 Å². The first-order valence-corrected chi connectivity index (χ1v) is 27.0. The molecule has 22 fully saturated rings. The lowest BCUT2D eigenvalue weighted by Crippen LogP contribution is -2.68. The van der Waals surface area contributed by atoms with Crippen LogP contribution in [0.5, 0.6) is 0 Å². The van der Waals surface area contributed by atoms with Gasteiger partial charge in [0.2, 0.25) is 0 Å². The third-order valence-electron chi connectivity index (χ3n) is 15.8. The van der Waals surface area contributed by atoms with Gasteiger partial charge in [0.05, 0.1) is 46.2 Å². The van der Waals surface area contributed by atoms with Crippen molar-refractivity contribution in [2.75, 3.05) is 46.2 Å². The quantitative estimate of drug-likeness (QED) is 0.105. The van der Waals surface area contributed by atoms with Gasteiger partial charge in [-0.15, -0.1) is 12.8 Å². The Kier molecular flexibility index (Phi) is 25.3. The highest BCUT2D eigenvalue weighted by Gasteiger charge is 2.59. The minimum Gasteiger partial charge on any atom is -0.394 e. The fraction of sp³-hybridized carbons (Fsp3) is 0.958. The summed E-state index contributed by atoms with van der Waals surface area (Å²) >= 11 is 0. The van der Waals surface area contributed by atoms with Crippen LogP contribution in [0.25, 0.3) is 0 Å². The first kappa shape index (κ1) is 68.6. The van der Waals surface area contributed by atoms with Crippen LogP contribution in [-0.4, -0.2) is 368 Å². The van der Waals surface area contributed by atoms with Gasteiger partial charge in [-0.25, -0.2) is 0 Å². The summed E-state index contributed by atoms with van der Waals surface area (Å²) in [6.07, 6.45) is -56.2. The van der Waals surface area contributed by atoms with Gasteiger partial charge < -0.3 is 174 Å². The van der Waals surface area contributed by atoms with Crippen LogP contribution in [0.2, 0.25) is 0 Å². The Morgan fingerprint density at radius 1 is 0.193 bits per heavy atom. The lowest BCUT2D eigenvalue weighted by Gasteiger charge is -2.50. The normalized spacial score (nSPS) is 52.5. The number of hydrogen-bond donors (Lipinski definition) is 21. The van der Waals surface area contributed by atoms with Crippen LogP contribution >= 0.6 is 0 Å². The summed E-state index contributed by atoms with van der Waals surface area (Å²) in [5, 5.41) is 230. The third-order valence-corrected chi connectivity index (χ3v) is 15.8. The molecule has 0 aromatic rings. The molecule has 83 heavy (non-hydrogen) atoms. The highest BCUT2D eigenvalue weighted by atomic mass is 16.8. The fourth-order valence-corrected chi connectivity index (χ4v) is 10.7. The maximum Gasteiger partial charge on any atom is 0.187 e. The number of ether oxygens (including phenoxy) is 14. The van der Waals surface area contributed by atoms with Gasteiger partial charge in [-0.05, 0) is 0 Å². The van der Waals surface area contributed by atoms with Crippen molar-refractivity contribution in [3.63, 3.8) is 0 Å². The maximum absolute atomic E-state index is 11.3. The van der Waals surface area contributed by atoms with Crippen LogP contribution in [0, 0.1) is 12.8 Å². The summed E-state index contributed by atoms with van der Waals surface area (Å²) in [5.74, 6) is 0. The standard InChI is InChI=1S/C42H70O35.C4H8.C2H2/c43-1-8-29-15(50)22(57)36(64-8)72-30-9(2-44)66-38(24(59)17(30)52)74-32-11(4-46)68-40(26(61)19(32)54)76-34-13(6-48)70-42(28(63)21(34)56)77-35-14(7-49)69-41(27(62)20(35)55)75-33-12(5-47)67-39(25(60)18(33)53)73-31-10(3-45)65-37(71-29)23(58)16(31)51;1-2-4-3-1;1-2/h8-63H,1-7H2;1-4H2;1-2H/t8?,9?,10?,11?,12?,13?,14?,15-,16-,17-,18-,19-,20-,21-,22?,23?,24?,25?,26?,27?,28?,29-,30-,31-,32-,33-,34-,35-,36-,37-,38-,39-,40+,41+,42+;;/m1../s1. The van der Waals surface area contributed by atoms with E-state index in [4.69, 9.17) is 66.3 Å². The van der Waals surface area contributed by atoms with E-state index in [1.165, 1.54) is 25.7 Å². The summed E-state index contributed by atoms with van der Waals surface area (Å²) in [7, 11) is 0. The lowest BCUT2D eigenvalue weighted by molar-refractivity contribution is -0.396. The molecule has 21 aliphatic heterocycles. The molecule has 1 aliphatic carbocycles. The summed E-state index contributed by atoms with van der Waals surface area (Å²) < 4.78 is 79.5. The highest BCUT2D eigenvalue weighted by Crippen LogP contribution is 2.39. The van der Waals surface area contributed by atoms with E-state index in [0.717, 1.165) is 0 Å². The molecular formula is C48H80O35. The Bertz CT molecular complexity index is 1580. The molecule has 21 N–H and O–H groups in total. The number of hydrogen-bond acceptors (Lipinski definition) is 35. The molecule has 482 valence electrons. The largest absolute Gasteiger partial charge is 0.394 e. The van der Waals surface area contributed by atoms with Crippen molar-refractivity contribution in [1.82, 2.24) is 0 Å². The molecule has 14 unspecified atom stereocenters. The molecule has 21 saturated heterocycles. The van der Waals surface area contributed by atoms with E-state index in [-0.39, 0.29) is 0 Å². The predicted molar refractivity (Wildman–Crippen MR) is 257 cm³/mol. The smallest absolute Gasteiger partial charge is 0.187 e. The number of aliphatic hydroxyl groups is 21. The van der Waals surface area contributed by atoms with Gasteiger partial charge in [-0.1, -0.05) is 25.7 Å². The first-order chi connectivity index (χ1) is 39.7. The Hall–Kier alpha value is -1.84. The van der Waals surface area contributed by atoms with Crippen LogP contribution in [0.4, 0.5) is 0 Å². The van der Waals surface area contributed by atoms with Gasteiger partial charge in [0.25, 0.3) is 0 Å². The summed E-state index contributed by atoms with van der Waals surface area (Å²) in [4.78, 5) is 0.